The number of H-pyrrole nitrogens is 1. The van der Waals surface area contributed by atoms with Crippen molar-refractivity contribution < 1.29 is 14.2 Å². The van der Waals surface area contributed by atoms with Crippen LogP contribution in [0.15, 0.2) is 64.8 Å². The van der Waals surface area contributed by atoms with E-state index in [0.29, 0.717) is 40.8 Å². The summed E-state index contributed by atoms with van der Waals surface area (Å²) in [5.41, 5.74) is 1.93. The molecule has 2 aromatic heterocycles. The molecule has 34 heavy (non-hydrogen) atoms. The number of hydrogen-bond acceptors (Lipinski definition) is 6. The molecule has 176 valence electrons. The van der Waals surface area contributed by atoms with Gasteiger partial charge in [-0.1, -0.05) is 6.07 Å². The topological polar surface area (TPSA) is 75.8 Å². The molecule has 2 aromatic carbocycles. The van der Waals surface area contributed by atoms with Gasteiger partial charge in [-0.3, -0.25) is 4.79 Å². The van der Waals surface area contributed by atoms with Crippen molar-refractivity contribution in [1.29, 1.82) is 0 Å². The minimum Gasteiger partial charge on any atom is -0.497 e. The third-order valence-corrected chi connectivity index (χ3v) is 6.56. The van der Waals surface area contributed by atoms with E-state index in [1.165, 1.54) is 0 Å². The highest BCUT2D eigenvalue weighted by molar-refractivity contribution is 7.80. The highest BCUT2D eigenvalue weighted by Gasteiger charge is 2.16. The predicted octanol–water partition coefficient (Wildman–Crippen LogP) is 5.01. The lowest BCUT2D eigenvalue weighted by Gasteiger charge is -2.25. The number of anilines is 1. The Hall–Kier alpha value is -3.56. The van der Waals surface area contributed by atoms with Gasteiger partial charge >= 0.3 is 0 Å². The van der Waals surface area contributed by atoms with Crippen molar-refractivity contribution in [3.63, 3.8) is 0 Å². The van der Waals surface area contributed by atoms with Crippen molar-refractivity contribution in [1.82, 2.24) is 9.88 Å². The van der Waals surface area contributed by atoms with E-state index in [1.54, 1.807) is 38.7 Å². The van der Waals surface area contributed by atoms with E-state index in [0.717, 1.165) is 21.7 Å². The van der Waals surface area contributed by atoms with Gasteiger partial charge in [-0.05, 0) is 60.1 Å². The van der Waals surface area contributed by atoms with E-state index in [2.05, 4.69) is 16.4 Å². The molecule has 0 radical (unpaired) electrons. The number of pyridine rings is 1. The van der Waals surface area contributed by atoms with Crippen LogP contribution in [0.2, 0.25) is 0 Å². The first-order valence-corrected chi connectivity index (χ1v) is 11.8. The van der Waals surface area contributed by atoms with Crippen LogP contribution in [0.25, 0.3) is 10.9 Å². The number of nitrogens with zero attached hydrogens (tertiary/aromatic N) is 1. The second-order valence-electron chi connectivity index (χ2n) is 7.51. The maximum absolute atomic E-state index is 12.9. The third kappa shape index (κ3) is 5.32. The highest BCUT2D eigenvalue weighted by Crippen LogP contribution is 2.31. The fourth-order valence-electron chi connectivity index (χ4n) is 3.57. The van der Waals surface area contributed by atoms with E-state index in [4.69, 9.17) is 26.4 Å². The van der Waals surface area contributed by atoms with Gasteiger partial charge in [-0.25, -0.2) is 0 Å². The Balaban J connectivity index is 1.64. The number of aromatic amines is 1. The SMILES string of the molecule is COc1ccc(NC(=S)N(Cc2cccs2)Cc2cc3cc(OC)c(OC)cc3[nH]c2=O)cc1. The Morgan fingerprint density at radius 3 is 2.38 bits per heavy atom. The van der Waals surface area contributed by atoms with E-state index >= 15 is 0 Å². The molecule has 0 fully saturated rings. The van der Waals surface area contributed by atoms with Crippen LogP contribution < -0.4 is 25.1 Å². The van der Waals surface area contributed by atoms with Gasteiger partial charge in [0.25, 0.3) is 5.56 Å². The van der Waals surface area contributed by atoms with Crippen LogP contribution in [-0.2, 0) is 13.1 Å². The van der Waals surface area contributed by atoms with Gasteiger partial charge in [0, 0.05) is 27.6 Å². The summed E-state index contributed by atoms with van der Waals surface area (Å²) in [7, 11) is 4.78. The first-order valence-electron chi connectivity index (χ1n) is 10.5. The van der Waals surface area contributed by atoms with E-state index < -0.39 is 0 Å². The summed E-state index contributed by atoms with van der Waals surface area (Å²) in [5, 5.41) is 6.66. The zero-order valence-corrected chi connectivity index (χ0v) is 20.7. The van der Waals surface area contributed by atoms with Gasteiger partial charge < -0.3 is 29.4 Å². The summed E-state index contributed by atoms with van der Waals surface area (Å²) in [6.07, 6.45) is 0. The van der Waals surface area contributed by atoms with Crippen LogP contribution in [0.1, 0.15) is 10.4 Å². The molecule has 9 heteroatoms. The Bertz CT molecular complexity index is 1340. The molecule has 0 atom stereocenters. The standard InChI is InChI=1S/C25H25N3O4S2/c1-30-19-8-6-18(7-9-19)26-25(33)28(15-20-5-4-10-34-20)14-17-11-16-12-22(31-2)23(32-3)13-21(16)27-24(17)29/h4-13H,14-15H2,1-3H3,(H,26,33)(H,27,29). The molecule has 0 spiro atoms. The minimum atomic E-state index is -0.178. The number of thiocarbonyl (C=S) groups is 1. The molecule has 4 rings (SSSR count). The number of aromatic nitrogens is 1. The monoisotopic (exact) mass is 495 g/mol. The Morgan fingerprint density at radius 1 is 1.00 bits per heavy atom. The molecule has 7 nitrogen and oxygen atoms in total. The van der Waals surface area contributed by atoms with Crippen molar-refractivity contribution in [3.8, 4) is 17.2 Å². The summed E-state index contributed by atoms with van der Waals surface area (Å²) < 4.78 is 16.0. The van der Waals surface area contributed by atoms with Crippen LogP contribution >= 0.6 is 23.6 Å². The normalized spacial score (nSPS) is 10.7. The quantitative estimate of drug-likeness (QED) is 0.333. The summed E-state index contributed by atoms with van der Waals surface area (Å²) in [6.45, 7) is 0.905. The average molecular weight is 496 g/mol. The van der Waals surface area contributed by atoms with E-state index in [9.17, 15) is 4.79 Å². The van der Waals surface area contributed by atoms with Crippen LogP contribution in [0, 0.1) is 0 Å². The van der Waals surface area contributed by atoms with E-state index in [-0.39, 0.29) is 5.56 Å². The van der Waals surface area contributed by atoms with Gasteiger partial charge in [0.2, 0.25) is 0 Å². The number of fused-ring (bicyclic) bond motifs is 1. The molecular formula is C25H25N3O4S2. The summed E-state index contributed by atoms with van der Waals surface area (Å²) in [5.74, 6) is 1.92. The van der Waals surface area contributed by atoms with Gasteiger partial charge in [-0.2, -0.15) is 0 Å². The summed E-state index contributed by atoms with van der Waals surface area (Å²) >= 11 is 7.39. The van der Waals surface area contributed by atoms with Crippen molar-refractivity contribution in [2.24, 2.45) is 0 Å². The average Bonchev–Trinajstić information content (AvgIpc) is 3.37. The molecule has 0 bridgehead atoms. The molecule has 0 saturated heterocycles. The summed E-state index contributed by atoms with van der Waals surface area (Å²) in [6, 6.07) is 17.1. The number of benzene rings is 2. The fourth-order valence-corrected chi connectivity index (χ4v) is 4.53. The Morgan fingerprint density at radius 2 is 1.74 bits per heavy atom. The van der Waals surface area contributed by atoms with Gasteiger partial charge in [0.15, 0.2) is 16.6 Å². The number of hydrogen-bond donors (Lipinski definition) is 2. The largest absolute Gasteiger partial charge is 0.497 e. The number of nitrogens with one attached hydrogen (secondary N) is 2. The Labute approximate surface area is 206 Å². The second-order valence-corrected chi connectivity index (χ2v) is 8.93. The van der Waals surface area contributed by atoms with E-state index in [1.807, 2.05) is 52.7 Å². The lowest BCUT2D eigenvalue weighted by Crippen LogP contribution is -2.35. The number of ether oxygens (including phenoxy) is 3. The number of rotatable bonds is 8. The third-order valence-electron chi connectivity index (χ3n) is 5.34. The molecule has 2 heterocycles. The number of methoxy groups -OCH3 is 3. The first kappa shape index (κ1) is 23.6. The zero-order valence-electron chi connectivity index (χ0n) is 19.1. The molecule has 0 aliphatic heterocycles. The smallest absolute Gasteiger partial charge is 0.253 e. The molecule has 4 aromatic rings. The zero-order chi connectivity index (χ0) is 24.1. The molecule has 0 saturated carbocycles. The molecule has 2 N–H and O–H groups in total. The lowest BCUT2D eigenvalue weighted by atomic mass is 10.1. The van der Waals surface area contributed by atoms with Crippen LogP contribution in [0.3, 0.4) is 0 Å². The highest BCUT2D eigenvalue weighted by atomic mass is 32.1. The molecular weight excluding hydrogens is 470 g/mol. The molecule has 0 aliphatic carbocycles. The second kappa shape index (κ2) is 10.6. The number of thiophene rings is 1. The molecule has 0 unspecified atom stereocenters. The minimum absolute atomic E-state index is 0.178. The van der Waals surface area contributed by atoms with Crippen LogP contribution in [-0.4, -0.2) is 36.3 Å². The summed E-state index contributed by atoms with van der Waals surface area (Å²) in [4.78, 5) is 19.0. The molecule has 0 aliphatic rings. The first-order chi connectivity index (χ1) is 16.5. The van der Waals surface area contributed by atoms with Crippen molar-refractivity contribution in [2.75, 3.05) is 26.6 Å². The molecule has 0 amide bonds. The van der Waals surface area contributed by atoms with Crippen LogP contribution in [0.5, 0.6) is 17.2 Å². The maximum atomic E-state index is 12.9. The predicted molar refractivity (Wildman–Crippen MR) is 140 cm³/mol. The maximum Gasteiger partial charge on any atom is 0.253 e. The van der Waals surface area contributed by atoms with Gasteiger partial charge in [0.05, 0.1) is 39.9 Å². The lowest BCUT2D eigenvalue weighted by molar-refractivity contribution is 0.355. The van der Waals surface area contributed by atoms with Crippen molar-refractivity contribution >= 4 is 45.3 Å². The van der Waals surface area contributed by atoms with Crippen molar-refractivity contribution in [2.45, 2.75) is 13.1 Å². The van der Waals surface area contributed by atoms with Gasteiger partial charge in [0.1, 0.15) is 5.75 Å². The van der Waals surface area contributed by atoms with Crippen LogP contribution in [0.4, 0.5) is 5.69 Å². The van der Waals surface area contributed by atoms with Gasteiger partial charge in [-0.15, -0.1) is 11.3 Å². The van der Waals surface area contributed by atoms with Crippen molar-refractivity contribution in [3.05, 3.63) is 80.8 Å². The Kier molecular flexibility index (Phi) is 7.34. The fraction of sp³-hybridized carbons (Fsp3) is 0.200.